The molecule has 1 N–H and O–H groups in total. The Morgan fingerprint density at radius 1 is 1.79 bits per heavy atom. The van der Waals surface area contributed by atoms with Gasteiger partial charge in [-0.25, -0.2) is 4.98 Å². The van der Waals surface area contributed by atoms with E-state index in [2.05, 4.69) is 26.2 Å². The first-order valence-electron chi connectivity index (χ1n) is 4.31. The third-order valence-corrected chi connectivity index (χ3v) is 5.66. The van der Waals surface area contributed by atoms with Crippen molar-refractivity contribution in [2.75, 3.05) is 18.1 Å². The maximum Gasteiger partial charge on any atom is 0.183 e. The van der Waals surface area contributed by atoms with Gasteiger partial charge in [-0.3, -0.25) is 4.21 Å². The molecule has 6 heteroatoms. The van der Waals surface area contributed by atoms with Gasteiger partial charge in [0.2, 0.25) is 0 Å². The molecular formula is C8H11BrN2OS2. The van der Waals surface area contributed by atoms with Crippen LogP contribution in [-0.2, 0) is 10.8 Å². The van der Waals surface area contributed by atoms with Crippen LogP contribution in [0.25, 0.3) is 0 Å². The summed E-state index contributed by atoms with van der Waals surface area (Å²) in [6.07, 6.45) is 5.69. The summed E-state index contributed by atoms with van der Waals surface area (Å²) >= 11 is 4.92. The van der Waals surface area contributed by atoms with Crippen molar-refractivity contribution in [3.8, 4) is 0 Å². The Labute approximate surface area is 97.9 Å². The Kier molecular flexibility index (Phi) is 2.95. The zero-order valence-corrected chi connectivity index (χ0v) is 11.0. The molecule has 0 aliphatic heterocycles. The number of hydrogen-bond acceptors (Lipinski definition) is 4. The van der Waals surface area contributed by atoms with Crippen LogP contribution in [0.3, 0.4) is 0 Å². The minimum atomic E-state index is -0.729. The average Bonchev–Trinajstić information content (AvgIpc) is 2.82. The summed E-state index contributed by atoms with van der Waals surface area (Å²) in [4.78, 5) is 4.17. The molecule has 0 bridgehead atoms. The quantitative estimate of drug-likeness (QED) is 0.926. The lowest BCUT2D eigenvalue weighted by atomic mass is 10.4. The van der Waals surface area contributed by atoms with Crippen molar-refractivity contribution < 1.29 is 4.21 Å². The normalized spacial score (nSPS) is 20.4. The monoisotopic (exact) mass is 294 g/mol. The standard InChI is InChI=1S/C8H11BrN2OS2/c1-14(12)8(2-3-8)5-11-7-10-4-6(9)13-7/h4H,2-3,5H2,1H3,(H,10,11). The summed E-state index contributed by atoms with van der Waals surface area (Å²) in [5, 5.41) is 4.13. The lowest BCUT2D eigenvalue weighted by Crippen LogP contribution is -2.25. The Morgan fingerprint density at radius 2 is 2.50 bits per heavy atom. The molecule has 1 atom stereocenters. The second-order valence-corrected chi connectivity index (χ2v) is 7.64. The number of nitrogens with zero attached hydrogens (tertiary/aromatic N) is 1. The fourth-order valence-corrected chi connectivity index (χ4v) is 3.33. The smallest absolute Gasteiger partial charge is 0.183 e. The van der Waals surface area contributed by atoms with Crippen LogP contribution in [-0.4, -0.2) is 26.7 Å². The number of hydrogen-bond donors (Lipinski definition) is 1. The maximum atomic E-state index is 11.4. The van der Waals surface area contributed by atoms with Gasteiger partial charge in [-0.2, -0.15) is 0 Å². The molecule has 0 spiro atoms. The molecule has 1 fully saturated rings. The number of nitrogens with one attached hydrogen (secondary N) is 1. The van der Waals surface area contributed by atoms with Crippen molar-refractivity contribution in [2.45, 2.75) is 17.6 Å². The van der Waals surface area contributed by atoms with Gasteiger partial charge in [-0.15, -0.1) is 0 Å². The number of halogens is 1. The first-order valence-corrected chi connectivity index (χ1v) is 7.48. The van der Waals surface area contributed by atoms with Crippen molar-refractivity contribution in [3.05, 3.63) is 9.98 Å². The van der Waals surface area contributed by atoms with Crippen molar-refractivity contribution in [1.29, 1.82) is 0 Å². The third kappa shape index (κ3) is 2.17. The topological polar surface area (TPSA) is 42.0 Å². The van der Waals surface area contributed by atoms with Gasteiger partial charge in [-0.1, -0.05) is 11.3 Å². The lowest BCUT2D eigenvalue weighted by molar-refractivity contribution is 0.674. The van der Waals surface area contributed by atoms with E-state index in [-0.39, 0.29) is 4.75 Å². The van der Waals surface area contributed by atoms with Crippen LogP contribution in [0.2, 0.25) is 0 Å². The van der Waals surface area contributed by atoms with E-state index in [0.717, 1.165) is 28.3 Å². The Bertz CT molecular complexity index is 362. The number of anilines is 1. The highest BCUT2D eigenvalue weighted by Gasteiger charge is 2.46. The average molecular weight is 295 g/mol. The molecule has 3 nitrogen and oxygen atoms in total. The van der Waals surface area contributed by atoms with Gasteiger partial charge in [0.25, 0.3) is 0 Å². The number of thiazole rings is 1. The van der Waals surface area contributed by atoms with Crippen LogP contribution in [0.4, 0.5) is 5.13 Å². The van der Waals surface area contributed by atoms with Crippen LogP contribution >= 0.6 is 27.3 Å². The van der Waals surface area contributed by atoms with E-state index in [1.165, 1.54) is 0 Å². The molecule has 78 valence electrons. The SMILES string of the molecule is CS(=O)C1(CNc2ncc(Br)s2)CC1. The van der Waals surface area contributed by atoms with E-state index < -0.39 is 10.8 Å². The van der Waals surface area contributed by atoms with E-state index >= 15 is 0 Å². The highest BCUT2D eigenvalue weighted by molar-refractivity contribution is 9.11. The molecule has 1 aromatic rings. The minimum absolute atomic E-state index is 0.0259. The molecule has 1 saturated carbocycles. The fraction of sp³-hybridized carbons (Fsp3) is 0.625. The number of rotatable bonds is 4. The van der Waals surface area contributed by atoms with E-state index in [1.54, 1.807) is 23.8 Å². The third-order valence-electron chi connectivity index (χ3n) is 2.46. The molecule has 0 amide bonds. The molecule has 1 aliphatic carbocycles. The van der Waals surface area contributed by atoms with Crippen LogP contribution in [0.5, 0.6) is 0 Å². The molecular weight excluding hydrogens is 284 g/mol. The summed E-state index contributed by atoms with van der Waals surface area (Å²) in [7, 11) is -0.729. The molecule has 14 heavy (non-hydrogen) atoms. The second-order valence-electron chi connectivity index (χ2n) is 3.46. The largest absolute Gasteiger partial charge is 0.360 e. The highest BCUT2D eigenvalue weighted by Crippen LogP contribution is 2.41. The Hall–Kier alpha value is 0.0600. The van der Waals surface area contributed by atoms with Crippen LogP contribution in [0, 0.1) is 0 Å². The van der Waals surface area contributed by atoms with Crippen LogP contribution in [0.15, 0.2) is 9.98 Å². The summed E-state index contributed by atoms with van der Waals surface area (Å²) in [6, 6.07) is 0. The predicted molar refractivity (Wildman–Crippen MR) is 64.3 cm³/mol. The summed E-state index contributed by atoms with van der Waals surface area (Å²) in [6.45, 7) is 0.774. The van der Waals surface area contributed by atoms with E-state index in [0.29, 0.717) is 0 Å². The zero-order chi connectivity index (χ0) is 10.2. The second kappa shape index (κ2) is 3.90. The van der Waals surface area contributed by atoms with Crippen molar-refractivity contribution in [1.82, 2.24) is 4.98 Å². The fourth-order valence-electron chi connectivity index (χ4n) is 1.28. The molecule has 1 aromatic heterocycles. The van der Waals surface area contributed by atoms with E-state index in [1.807, 2.05) is 0 Å². The first kappa shape index (κ1) is 10.6. The van der Waals surface area contributed by atoms with Crippen molar-refractivity contribution >= 4 is 43.2 Å². The summed E-state index contributed by atoms with van der Waals surface area (Å²) in [5.41, 5.74) is 0. The van der Waals surface area contributed by atoms with Gasteiger partial charge in [0.1, 0.15) is 0 Å². The van der Waals surface area contributed by atoms with Gasteiger partial charge >= 0.3 is 0 Å². The van der Waals surface area contributed by atoms with Crippen molar-refractivity contribution in [2.24, 2.45) is 0 Å². The van der Waals surface area contributed by atoms with Gasteiger partial charge in [0.15, 0.2) is 5.13 Å². The lowest BCUT2D eigenvalue weighted by Gasteiger charge is -2.11. The van der Waals surface area contributed by atoms with E-state index in [4.69, 9.17) is 0 Å². The highest BCUT2D eigenvalue weighted by atomic mass is 79.9. The molecule has 0 saturated heterocycles. The maximum absolute atomic E-state index is 11.4. The van der Waals surface area contributed by atoms with Crippen LogP contribution in [0.1, 0.15) is 12.8 Å². The zero-order valence-electron chi connectivity index (χ0n) is 7.75. The predicted octanol–water partition coefficient (Wildman–Crippen LogP) is 2.23. The Balaban J connectivity index is 1.92. The molecule has 1 unspecified atom stereocenters. The van der Waals surface area contributed by atoms with Gasteiger partial charge in [-0.05, 0) is 28.8 Å². The summed E-state index contributed by atoms with van der Waals surface area (Å²) < 4.78 is 12.4. The molecule has 1 aliphatic rings. The van der Waals surface area contributed by atoms with E-state index in [9.17, 15) is 4.21 Å². The van der Waals surface area contributed by atoms with Gasteiger partial charge < -0.3 is 5.32 Å². The molecule has 2 rings (SSSR count). The van der Waals surface area contributed by atoms with Crippen molar-refractivity contribution in [3.63, 3.8) is 0 Å². The molecule has 0 radical (unpaired) electrons. The van der Waals surface area contributed by atoms with Gasteiger partial charge in [0, 0.05) is 23.6 Å². The molecule has 0 aromatic carbocycles. The first-order chi connectivity index (χ1) is 6.62. The number of aromatic nitrogens is 1. The molecule has 1 heterocycles. The Morgan fingerprint density at radius 3 is 2.93 bits per heavy atom. The van der Waals surface area contributed by atoms with Crippen LogP contribution < -0.4 is 5.32 Å². The summed E-state index contributed by atoms with van der Waals surface area (Å²) in [5.74, 6) is 0. The minimum Gasteiger partial charge on any atom is -0.360 e. The van der Waals surface area contributed by atoms with Gasteiger partial charge in [0.05, 0.1) is 14.7 Å².